The number of carbonyl (C=O) groups is 1. The number of hydrogen-bond donors (Lipinski definition) is 3. The van der Waals surface area contributed by atoms with Gasteiger partial charge in [-0.25, -0.2) is 0 Å². The lowest BCUT2D eigenvalue weighted by Crippen LogP contribution is -2.58. The van der Waals surface area contributed by atoms with Crippen molar-refractivity contribution in [3.05, 3.63) is 54.6 Å². The van der Waals surface area contributed by atoms with E-state index in [1.54, 1.807) is 20.8 Å². The molecule has 2 aromatic carbocycles. The summed E-state index contributed by atoms with van der Waals surface area (Å²) in [4.78, 5) is 12.9. The normalized spacial score (nSPS) is 14.8. The average Bonchev–Trinajstić information content (AvgIpc) is 3.24. The number of ether oxygens (including phenoxy) is 2. The first kappa shape index (κ1) is 28.7. The summed E-state index contributed by atoms with van der Waals surface area (Å²) in [7, 11) is 0. The number of esters is 1. The highest BCUT2D eigenvalue weighted by molar-refractivity contribution is 5.84. The van der Waals surface area contributed by atoms with Gasteiger partial charge in [0.15, 0.2) is 0 Å². The largest absolute Gasteiger partial charge is 0.493 e. The predicted octanol–water partition coefficient (Wildman–Crippen LogP) is 5.42. The Labute approximate surface area is 220 Å². The van der Waals surface area contributed by atoms with Crippen LogP contribution in [-0.4, -0.2) is 41.5 Å². The van der Waals surface area contributed by atoms with Gasteiger partial charge >= 0.3 is 5.97 Å². The lowest BCUT2D eigenvalue weighted by atomic mass is 9.67. The van der Waals surface area contributed by atoms with E-state index in [1.165, 1.54) is 0 Å². The molecule has 0 aliphatic heterocycles. The van der Waals surface area contributed by atoms with Gasteiger partial charge in [0.05, 0.1) is 18.1 Å². The number of rotatable bonds is 13. The first-order chi connectivity index (χ1) is 17.3. The Morgan fingerprint density at radius 3 is 2.35 bits per heavy atom. The van der Waals surface area contributed by atoms with Crippen molar-refractivity contribution in [3.8, 4) is 17.1 Å². The quantitative estimate of drug-likeness (QED) is 0.207. The lowest BCUT2D eigenvalue weighted by molar-refractivity contribution is -0.163. The minimum absolute atomic E-state index is 0.0741. The molecule has 5 N–H and O–H groups in total. The van der Waals surface area contributed by atoms with Crippen LogP contribution >= 0.6 is 0 Å². The maximum absolute atomic E-state index is 12.9. The van der Waals surface area contributed by atoms with Crippen LogP contribution in [0.25, 0.3) is 22.3 Å². The number of aliphatic hydroxyl groups excluding tert-OH is 1. The fourth-order valence-corrected chi connectivity index (χ4v) is 4.41. The SMILES string of the molecule is CC(C)(N)CC(C)(C(=O)OCC(O)CCCCOc1ccc2cc(-c3ccccc3)oc2c1)C(C)(C)N. The Morgan fingerprint density at radius 1 is 1.00 bits per heavy atom. The molecule has 0 bridgehead atoms. The average molecular weight is 511 g/mol. The van der Waals surface area contributed by atoms with Crippen molar-refractivity contribution >= 4 is 16.9 Å². The second-order valence-electron chi connectivity index (χ2n) is 11.5. The van der Waals surface area contributed by atoms with E-state index in [9.17, 15) is 9.90 Å². The fraction of sp³-hybridized carbons (Fsp3) is 0.500. The predicted molar refractivity (Wildman–Crippen MR) is 147 cm³/mol. The van der Waals surface area contributed by atoms with E-state index in [0.717, 1.165) is 40.9 Å². The van der Waals surface area contributed by atoms with E-state index in [-0.39, 0.29) is 6.61 Å². The van der Waals surface area contributed by atoms with E-state index >= 15 is 0 Å². The summed E-state index contributed by atoms with van der Waals surface area (Å²) in [6.07, 6.45) is 1.60. The third-order valence-corrected chi connectivity index (χ3v) is 6.84. The van der Waals surface area contributed by atoms with E-state index in [0.29, 0.717) is 19.4 Å². The molecule has 7 nitrogen and oxygen atoms in total. The standard InChI is InChI=1S/C30H42N2O5/c1-28(2,31)20-30(5,29(3,4)32)27(34)36-19-23(33)13-9-10-16-35-24-15-14-22-17-25(37-26(22)18-24)21-11-7-6-8-12-21/h6-8,11-12,14-15,17-18,23,33H,9-10,13,16,19-20,31-32H2,1-5H3. The number of aliphatic hydroxyl groups is 1. The van der Waals surface area contributed by atoms with Gasteiger partial charge in [0.1, 0.15) is 23.7 Å². The van der Waals surface area contributed by atoms with Gasteiger partial charge in [-0.2, -0.15) is 0 Å². The van der Waals surface area contributed by atoms with Gasteiger partial charge < -0.3 is 30.5 Å². The highest BCUT2D eigenvalue weighted by Gasteiger charge is 2.48. The van der Waals surface area contributed by atoms with Crippen molar-refractivity contribution in [1.82, 2.24) is 0 Å². The highest BCUT2D eigenvalue weighted by Crippen LogP contribution is 2.38. The Morgan fingerprint density at radius 2 is 1.70 bits per heavy atom. The first-order valence-corrected chi connectivity index (χ1v) is 12.9. The third kappa shape index (κ3) is 7.81. The summed E-state index contributed by atoms with van der Waals surface area (Å²) in [5.41, 5.74) is 11.9. The molecular formula is C30H42N2O5. The zero-order chi connectivity index (χ0) is 27.3. The van der Waals surface area contributed by atoms with Crippen LogP contribution in [0.3, 0.4) is 0 Å². The maximum Gasteiger partial charge on any atom is 0.313 e. The zero-order valence-corrected chi connectivity index (χ0v) is 22.8. The third-order valence-electron chi connectivity index (χ3n) is 6.84. The monoisotopic (exact) mass is 510 g/mol. The Bertz CT molecular complexity index is 1160. The zero-order valence-electron chi connectivity index (χ0n) is 22.8. The molecule has 202 valence electrons. The van der Waals surface area contributed by atoms with Gasteiger partial charge in [0, 0.05) is 28.1 Å². The second kappa shape index (κ2) is 11.7. The summed E-state index contributed by atoms with van der Waals surface area (Å²) < 4.78 is 17.4. The van der Waals surface area contributed by atoms with Crippen molar-refractivity contribution in [2.24, 2.45) is 16.9 Å². The molecule has 0 radical (unpaired) electrons. The van der Waals surface area contributed by atoms with E-state index in [1.807, 2.05) is 68.4 Å². The number of hydrogen-bond acceptors (Lipinski definition) is 7. The number of fused-ring (bicyclic) bond motifs is 1. The number of unbranched alkanes of at least 4 members (excludes halogenated alkanes) is 1. The van der Waals surface area contributed by atoms with Gasteiger partial charge in [-0.1, -0.05) is 30.3 Å². The minimum Gasteiger partial charge on any atom is -0.493 e. The number of carbonyl (C=O) groups excluding carboxylic acids is 1. The van der Waals surface area contributed by atoms with Crippen molar-refractivity contribution in [2.75, 3.05) is 13.2 Å². The molecule has 2 unspecified atom stereocenters. The molecule has 0 aliphatic rings. The minimum atomic E-state index is -0.976. The van der Waals surface area contributed by atoms with Crippen LogP contribution in [0.15, 0.2) is 59.0 Å². The fourth-order valence-electron chi connectivity index (χ4n) is 4.41. The first-order valence-electron chi connectivity index (χ1n) is 12.9. The molecule has 2 atom stereocenters. The summed E-state index contributed by atoms with van der Waals surface area (Å²) in [6.45, 7) is 9.51. The molecule has 0 saturated heterocycles. The van der Waals surface area contributed by atoms with Gasteiger partial charge in [0.25, 0.3) is 0 Å². The summed E-state index contributed by atoms with van der Waals surface area (Å²) >= 11 is 0. The molecule has 37 heavy (non-hydrogen) atoms. The van der Waals surface area contributed by atoms with Crippen LogP contribution in [0.5, 0.6) is 5.75 Å². The molecule has 0 aliphatic carbocycles. The molecule has 0 amide bonds. The molecule has 3 rings (SSSR count). The van der Waals surface area contributed by atoms with E-state index < -0.39 is 28.6 Å². The summed E-state index contributed by atoms with van der Waals surface area (Å²) in [5, 5.41) is 11.4. The van der Waals surface area contributed by atoms with Crippen molar-refractivity contribution < 1.29 is 23.8 Å². The van der Waals surface area contributed by atoms with Crippen molar-refractivity contribution in [1.29, 1.82) is 0 Å². The van der Waals surface area contributed by atoms with Crippen LogP contribution < -0.4 is 16.2 Å². The van der Waals surface area contributed by atoms with Gasteiger partial charge in [-0.05, 0) is 78.5 Å². The molecule has 1 aromatic heterocycles. The van der Waals surface area contributed by atoms with Gasteiger partial charge in [-0.3, -0.25) is 4.79 Å². The topological polar surface area (TPSA) is 121 Å². The van der Waals surface area contributed by atoms with Gasteiger partial charge in [0.2, 0.25) is 0 Å². The molecule has 7 heteroatoms. The summed E-state index contributed by atoms with van der Waals surface area (Å²) in [5.74, 6) is 1.12. The number of benzene rings is 2. The van der Waals surface area contributed by atoms with Crippen molar-refractivity contribution in [2.45, 2.75) is 77.5 Å². The van der Waals surface area contributed by atoms with E-state index in [2.05, 4.69) is 0 Å². The molecule has 3 aromatic rings. The highest BCUT2D eigenvalue weighted by atomic mass is 16.5. The second-order valence-corrected chi connectivity index (χ2v) is 11.5. The van der Waals surface area contributed by atoms with Crippen LogP contribution in [0, 0.1) is 5.41 Å². The molecule has 0 fully saturated rings. The smallest absolute Gasteiger partial charge is 0.313 e. The Kier molecular flexibility index (Phi) is 9.05. The maximum atomic E-state index is 12.9. The van der Waals surface area contributed by atoms with Crippen LogP contribution in [0.2, 0.25) is 0 Å². The van der Waals surface area contributed by atoms with Crippen LogP contribution in [0.4, 0.5) is 0 Å². The van der Waals surface area contributed by atoms with E-state index in [4.69, 9.17) is 25.4 Å². The van der Waals surface area contributed by atoms with Crippen LogP contribution in [0.1, 0.15) is 60.3 Å². The molecule has 0 spiro atoms. The Balaban J connectivity index is 1.42. The lowest BCUT2D eigenvalue weighted by Gasteiger charge is -2.43. The van der Waals surface area contributed by atoms with Gasteiger partial charge in [-0.15, -0.1) is 0 Å². The molecular weight excluding hydrogens is 468 g/mol. The van der Waals surface area contributed by atoms with Crippen molar-refractivity contribution in [3.63, 3.8) is 0 Å². The van der Waals surface area contributed by atoms with Crippen LogP contribution in [-0.2, 0) is 9.53 Å². The number of furan rings is 1. The summed E-state index contributed by atoms with van der Waals surface area (Å²) in [6, 6.07) is 17.8. The Hall–Kier alpha value is -2.87. The molecule has 1 heterocycles. The number of nitrogens with two attached hydrogens (primary N) is 2. The molecule has 0 saturated carbocycles.